The van der Waals surface area contributed by atoms with Crippen LogP contribution in [0.4, 0.5) is 0 Å². The molecular formula is C37H60N2O11. The van der Waals surface area contributed by atoms with Gasteiger partial charge in [-0.3, -0.25) is 19.2 Å². The Kier molecular flexibility index (Phi) is 14.1. The Balaban J connectivity index is 2.32. The number of aliphatic imine (C=N–C) groups is 1. The lowest BCUT2D eigenvalue weighted by atomic mass is 9.73. The van der Waals surface area contributed by atoms with Crippen LogP contribution in [-0.4, -0.2) is 121 Å². The number of aliphatic hydroxyl groups is 1. The van der Waals surface area contributed by atoms with E-state index in [4.69, 9.17) is 28.4 Å². The molecule has 0 aromatic rings. The number of Topliss-reactive ketones (excluding diaryl/α,β-unsaturated/α-hetero) is 1. The number of hydrogen-bond donors (Lipinski definition) is 1. The summed E-state index contributed by atoms with van der Waals surface area (Å²) in [4.78, 5) is 59.4. The molecule has 3 saturated heterocycles. The molecule has 1 N–H and O–H groups in total. The minimum atomic E-state index is -1.76. The first-order chi connectivity index (χ1) is 23.1. The molecule has 0 unspecified atom stereocenters. The molecule has 13 atom stereocenters. The number of cyclic esters (lactones) is 1. The zero-order valence-electron chi connectivity index (χ0n) is 32.0. The Bertz CT molecular complexity index is 1300. The monoisotopic (exact) mass is 708 g/mol. The predicted octanol–water partition coefficient (Wildman–Crippen LogP) is 3.68. The molecule has 3 heterocycles. The molecule has 2 bridgehead atoms. The first-order valence-corrected chi connectivity index (χ1v) is 17.8. The van der Waals surface area contributed by atoms with E-state index in [0.717, 1.165) is 0 Å². The van der Waals surface area contributed by atoms with Crippen molar-refractivity contribution >= 4 is 29.3 Å². The molecule has 0 spiro atoms. The van der Waals surface area contributed by atoms with E-state index in [2.05, 4.69) is 11.6 Å². The number of ketones is 1. The molecule has 0 saturated carbocycles. The molecule has 284 valence electrons. The van der Waals surface area contributed by atoms with Crippen LogP contribution in [-0.2, 0) is 47.6 Å². The van der Waals surface area contributed by atoms with Gasteiger partial charge in [-0.25, -0.2) is 4.99 Å². The number of fused-ring (bicyclic) bond motifs is 5. The van der Waals surface area contributed by atoms with Crippen LogP contribution in [0.5, 0.6) is 0 Å². The fraction of sp³-hybridized carbons (Fsp3) is 0.811. The van der Waals surface area contributed by atoms with Crippen LogP contribution in [0.1, 0.15) is 88.5 Å². The van der Waals surface area contributed by atoms with E-state index in [1.165, 1.54) is 27.7 Å². The third kappa shape index (κ3) is 9.46. The Morgan fingerprint density at radius 1 is 1.06 bits per heavy atom. The molecule has 0 radical (unpaired) electrons. The van der Waals surface area contributed by atoms with Crippen molar-refractivity contribution in [3.63, 3.8) is 0 Å². The highest BCUT2D eigenvalue weighted by Crippen LogP contribution is 2.40. The lowest BCUT2D eigenvalue weighted by Gasteiger charge is -2.48. The molecule has 0 aliphatic carbocycles. The average Bonchev–Trinajstić information content (AvgIpc) is 3.03. The highest BCUT2D eigenvalue weighted by atomic mass is 16.7. The minimum absolute atomic E-state index is 0.00420. The van der Waals surface area contributed by atoms with Gasteiger partial charge in [-0.2, -0.15) is 0 Å². The molecule has 50 heavy (non-hydrogen) atoms. The molecule has 1 amide bonds. The molecule has 0 aromatic carbocycles. The first kappa shape index (κ1) is 41.9. The Morgan fingerprint density at radius 2 is 1.70 bits per heavy atom. The van der Waals surface area contributed by atoms with Crippen molar-refractivity contribution in [2.45, 2.75) is 143 Å². The van der Waals surface area contributed by atoms with Crippen molar-refractivity contribution in [2.75, 3.05) is 27.3 Å². The molecule has 3 rings (SSSR count). The Labute approximate surface area is 297 Å². The van der Waals surface area contributed by atoms with Crippen molar-refractivity contribution in [1.82, 2.24) is 4.90 Å². The summed E-state index contributed by atoms with van der Waals surface area (Å²) in [5, 5.41) is 12.1. The molecule has 13 heteroatoms. The van der Waals surface area contributed by atoms with E-state index >= 15 is 0 Å². The highest BCUT2D eigenvalue weighted by molar-refractivity contribution is 6.00. The van der Waals surface area contributed by atoms with Gasteiger partial charge in [-0.05, 0) is 72.5 Å². The third-order valence-electron chi connectivity index (χ3n) is 10.5. The number of nitrogens with zero attached hydrogens (tertiary/aromatic N) is 2. The van der Waals surface area contributed by atoms with Crippen molar-refractivity contribution in [2.24, 2.45) is 28.7 Å². The van der Waals surface area contributed by atoms with E-state index in [-0.39, 0.29) is 38.2 Å². The topological polar surface area (TPSA) is 159 Å². The summed E-state index contributed by atoms with van der Waals surface area (Å²) >= 11 is 0. The van der Waals surface area contributed by atoms with Gasteiger partial charge in [-0.1, -0.05) is 34.3 Å². The number of esters is 2. The fourth-order valence-corrected chi connectivity index (χ4v) is 7.90. The number of rotatable bonds is 5. The third-order valence-corrected chi connectivity index (χ3v) is 10.5. The summed E-state index contributed by atoms with van der Waals surface area (Å²) in [5.41, 5.74) is -2.06. The second-order valence-corrected chi connectivity index (χ2v) is 15.2. The zero-order chi connectivity index (χ0) is 37.9. The van der Waals surface area contributed by atoms with Gasteiger partial charge in [0.2, 0.25) is 5.91 Å². The van der Waals surface area contributed by atoms with E-state index in [9.17, 15) is 24.3 Å². The summed E-state index contributed by atoms with van der Waals surface area (Å²) in [7, 11) is 3.76. The molecule has 0 aromatic heterocycles. The summed E-state index contributed by atoms with van der Waals surface area (Å²) in [6.07, 6.45) is -4.42. The lowest BCUT2D eigenvalue weighted by Crippen LogP contribution is -2.60. The first-order valence-electron chi connectivity index (χ1n) is 17.8. The van der Waals surface area contributed by atoms with Crippen LogP contribution in [0.3, 0.4) is 0 Å². The van der Waals surface area contributed by atoms with E-state index in [0.29, 0.717) is 17.7 Å². The van der Waals surface area contributed by atoms with Gasteiger partial charge in [0, 0.05) is 31.4 Å². The Morgan fingerprint density at radius 3 is 2.26 bits per heavy atom. The number of hydrogen-bond acceptors (Lipinski definition) is 12. The van der Waals surface area contributed by atoms with Crippen molar-refractivity contribution in [3.8, 4) is 0 Å². The summed E-state index contributed by atoms with van der Waals surface area (Å²) in [6, 6.07) is -0.269. The van der Waals surface area contributed by atoms with Gasteiger partial charge in [-0.15, -0.1) is 0 Å². The van der Waals surface area contributed by atoms with Crippen molar-refractivity contribution in [1.29, 1.82) is 0 Å². The van der Waals surface area contributed by atoms with Crippen molar-refractivity contribution in [3.05, 3.63) is 12.2 Å². The summed E-state index contributed by atoms with van der Waals surface area (Å²) < 4.78 is 38.0. The maximum absolute atomic E-state index is 14.3. The molecular weight excluding hydrogens is 648 g/mol. The van der Waals surface area contributed by atoms with Gasteiger partial charge in [0.25, 0.3) is 0 Å². The van der Waals surface area contributed by atoms with Crippen LogP contribution in [0.25, 0.3) is 0 Å². The van der Waals surface area contributed by atoms with Gasteiger partial charge >= 0.3 is 11.9 Å². The second kappa shape index (κ2) is 16.9. The quantitative estimate of drug-likeness (QED) is 0.251. The van der Waals surface area contributed by atoms with Gasteiger partial charge in [0.15, 0.2) is 18.2 Å². The maximum atomic E-state index is 14.3. The largest absolute Gasteiger partial charge is 0.459 e. The summed E-state index contributed by atoms with van der Waals surface area (Å²) in [5.74, 6) is -5.55. The number of ether oxygens (including phenoxy) is 6. The van der Waals surface area contributed by atoms with Crippen LogP contribution in [0.2, 0.25) is 0 Å². The van der Waals surface area contributed by atoms with E-state index in [1.54, 1.807) is 13.8 Å². The van der Waals surface area contributed by atoms with Gasteiger partial charge < -0.3 is 38.4 Å². The molecule has 3 aliphatic rings. The number of carbonyl (C=O) groups excluding carboxylic acids is 4. The second-order valence-electron chi connectivity index (χ2n) is 15.2. The number of amides is 1. The highest BCUT2D eigenvalue weighted by Gasteiger charge is 2.53. The van der Waals surface area contributed by atoms with Crippen LogP contribution in [0, 0.1) is 23.7 Å². The standard InChI is InChI=1S/C37H60N2O11/c1-14-28-37(11,44)33-22(5)29(38-25(8)40)20(3)16-36(10,46-18-19(2)17-45-33)32(23(6)30(42)24(7)34(43)49-28)50-35-31(48-26(9)41)27(39(12)13)15-21(4)47-35/h20-24,27-28,31-33,35,44H,2,14-18H2,1,3-13H3/b38-29+/t20-,21-,22+,23+,24-,27+,28-,31-,32-,33-,35+,36-,37-/m1/s1. The Hall–Kier alpha value is -2.55. The fourth-order valence-electron chi connectivity index (χ4n) is 7.90. The van der Waals surface area contributed by atoms with Crippen LogP contribution in [0.15, 0.2) is 17.1 Å². The maximum Gasteiger partial charge on any atom is 0.316 e. The van der Waals surface area contributed by atoms with Gasteiger partial charge in [0.05, 0.1) is 43.2 Å². The lowest BCUT2D eigenvalue weighted by molar-refractivity contribution is -0.299. The van der Waals surface area contributed by atoms with E-state index < -0.39 is 89.2 Å². The number of likely N-dealkylation sites (N-methyl/N-ethyl adjacent to an activating group) is 1. The van der Waals surface area contributed by atoms with E-state index in [1.807, 2.05) is 46.7 Å². The van der Waals surface area contributed by atoms with Crippen LogP contribution < -0.4 is 0 Å². The predicted molar refractivity (Wildman–Crippen MR) is 185 cm³/mol. The number of carbonyl (C=O) groups is 4. The minimum Gasteiger partial charge on any atom is -0.459 e. The summed E-state index contributed by atoms with van der Waals surface area (Å²) in [6.45, 7) is 20.7. The van der Waals surface area contributed by atoms with Crippen molar-refractivity contribution < 1.29 is 52.7 Å². The van der Waals surface area contributed by atoms with Gasteiger partial charge in [0.1, 0.15) is 17.6 Å². The smallest absolute Gasteiger partial charge is 0.316 e. The average molecular weight is 709 g/mol. The zero-order valence-corrected chi connectivity index (χ0v) is 32.0. The molecule has 13 nitrogen and oxygen atoms in total. The SMILES string of the molecule is C=C1CO[C@@H]2[C@@H](C)/C(=N/C(C)=O)[C@H](C)C[C@@](C)(OC1)[C@H](O[C@@H]1O[C@H](C)C[C@H](N(C)C)[C@H]1OC(C)=O)[C@@H](C)C(=O)[C@@H](C)C(=O)O[C@H](CC)[C@@]2(C)O. The molecule has 3 fully saturated rings. The van der Waals surface area contributed by atoms with Crippen LogP contribution >= 0.6 is 0 Å². The molecule has 3 aliphatic heterocycles. The normalized spacial score (nSPS) is 41.9.